The minimum Gasteiger partial charge on any atom is -0.496 e. The first-order valence-electron chi connectivity index (χ1n) is 18.5. The van der Waals surface area contributed by atoms with Crippen molar-refractivity contribution in [2.45, 2.75) is 65.6 Å². The number of hydrogen-bond acceptors (Lipinski definition) is 7. The quantitative estimate of drug-likeness (QED) is 0.192. The monoisotopic (exact) mass is 728 g/mol. The smallest absolute Gasteiger partial charge is 0.265 e. The normalized spacial score (nSPS) is 25.8. The molecule has 3 aliphatic carbocycles. The Morgan fingerprint density at radius 2 is 1.90 bits per heavy atom. The molecule has 2 bridgehead atoms. The van der Waals surface area contributed by atoms with Gasteiger partial charge in [0.25, 0.3) is 11.8 Å². The summed E-state index contributed by atoms with van der Waals surface area (Å²) in [6, 6.07) is 18.5. The molecular weight excluding hydrogens is 676 g/mol. The maximum absolute atomic E-state index is 13.8. The molecule has 1 saturated heterocycles. The van der Waals surface area contributed by atoms with E-state index in [4.69, 9.17) is 21.2 Å². The number of nitrogens with one attached hydrogen (secondary N) is 1. The van der Waals surface area contributed by atoms with Crippen molar-refractivity contribution in [3.05, 3.63) is 82.4 Å². The number of halogens is 1. The third kappa shape index (κ3) is 7.79. The molecule has 3 saturated carbocycles. The number of methoxy groups -OCH3 is 1. The highest BCUT2D eigenvalue weighted by atomic mass is 35.5. The Bertz CT molecular complexity index is 1790. The zero-order chi connectivity index (χ0) is 37.3. The molecule has 4 fully saturated rings. The number of carbonyl (C=O) groups is 2. The fourth-order valence-corrected chi connectivity index (χ4v) is 8.75. The van der Waals surface area contributed by atoms with Crippen molar-refractivity contribution in [3.63, 3.8) is 0 Å². The van der Waals surface area contributed by atoms with E-state index in [0.29, 0.717) is 52.5 Å². The second-order valence-corrected chi connectivity index (χ2v) is 16.2. The van der Waals surface area contributed by atoms with Crippen LogP contribution in [0.4, 0.5) is 5.69 Å². The zero-order valence-corrected chi connectivity index (χ0v) is 32.2. The first-order valence-corrected chi connectivity index (χ1v) is 18.8. The number of fused-ring (bicyclic) bond motifs is 2. The fourth-order valence-electron chi connectivity index (χ4n) is 8.63. The van der Waals surface area contributed by atoms with Crippen LogP contribution in [0.25, 0.3) is 11.1 Å². The van der Waals surface area contributed by atoms with Gasteiger partial charge in [0.05, 0.1) is 26.4 Å². The van der Waals surface area contributed by atoms with E-state index in [2.05, 4.69) is 31.1 Å². The molecule has 2 amide bonds. The third-order valence-electron chi connectivity index (χ3n) is 12.1. The number of ether oxygens (including phenoxy) is 1. The fraction of sp³-hybridized carbons (Fsp3) is 0.500. The summed E-state index contributed by atoms with van der Waals surface area (Å²) in [5, 5.41) is 16.1. The first kappa shape index (κ1) is 38.0. The largest absolute Gasteiger partial charge is 0.496 e. The second-order valence-electron chi connectivity index (χ2n) is 15.7. The van der Waals surface area contributed by atoms with Gasteiger partial charge >= 0.3 is 0 Å². The van der Waals surface area contributed by atoms with Crippen LogP contribution in [0.5, 0.6) is 5.75 Å². The number of nitrogens with zero attached hydrogens (tertiary/aromatic N) is 3. The summed E-state index contributed by atoms with van der Waals surface area (Å²) in [6.07, 6.45) is 4.12. The number of benzene rings is 3. The second kappa shape index (κ2) is 15.7. The number of para-hydroxylation sites is 1. The number of aliphatic hydroxyl groups is 1. The number of hydrogen-bond donors (Lipinski definition) is 2. The van der Waals surface area contributed by atoms with Gasteiger partial charge in [0.1, 0.15) is 11.8 Å². The molecule has 7 rings (SSSR count). The minimum atomic E-state index is -0.756. The molecule has 278 valence electrons. The van der Waals surface area contributed by atoms with Crippen molar-refractivity contribution >= 4 is 35.3 Å². The van der Waals surface area contributed by atoms with Gasteiger partial charge in [-0.2, -0.15) is 5.06 Å². The summed E-state index contributed by atoms with van der Waals surface area (Å²) in [6.45, 7) is 9.66. The minimum absolute atomic E-state index is 0.172. The summed E-state index contributed by atoms with van der Waals surface area (Å²) < 4.78 is 6.03. The Morgan fingerprint density at radius 3 is 2.56 bits per heavy atom. The molecule has 3 aromatic rings. The lowest BCUT2D eigenvalue weighted by Crippen LogP contribution is -2.55. The van der Waals surface area contributed by atoms with Crippen molar-refractivity contribution in [3.8, 4) is 16.9 Å². The Hall–Kier alpha value is -3.76. The number of amides is 2. The molecule has 2 N–H and O–H groups in total. The number of aliphatic hydroxyl groups excluding tert-OH is 1. The number of anilines is 1. The maximum atomic E-state index is 13.8. The molecule has 1 aliphatic heterocycles. The van der Waals surface area contributed by atoms with Crippen LogP contribution in [0.1, 0.15) is 62.0 Å². The van der Waals surface area contributed by atoms with Crippen molar-refractivity contribution in [1.29, 1.82) is 0 Å². The first-order chi connectivity index (χ1) is 24.8. The van der Waals surface area contributed by atoms with Crippen LogP contribution in [-0.2, 0) is 22.6 Å². The molecule has 4 aliphatic rings. The number of aliphatic imine (C=N–C) groups is 1. The van der Waals surface area contributed by atoms with Crippen molar-refractivity contribution in [2.24, 2.45) is 40.0 Å². The van der Waals surface area contributed by atoms with Gasteiger partial charge in [0.2, 0.25) is 0 Å². The summed E-state index contributed by atoms with van der Waals surface area (Å²) >= 11 is 6.02. The van der Waals surface area contributed by atoms with Gasteiger partial charge < -0.3 is 20.1 Å². The van der Waals surface area contributed by atoms with Gasteiger partial charge in [-0.1, -0.05) is 62.7 Å². The topological polar surface area (TPSA) is 104 Å². The van der Waals surface area contributed by atoms with Crippen LogP contribution >= 0.6 is 11.6 Å². The van der Waals surface area contributed by atoms with Gasteiger partial charge in [-0.25, -0.2) is 4.99 Å². The van der Waals surface area contributed by atoms with Crippen molar-refractivity contribution in [2.75, 3.05) is 39.3 Å². The van der Waals surface area contributed by atoms with E-state index in [0.717, 1.165) is 34.4 Å². The molecule has 0 aromatic heterocycles. The lowest BCUT2D eigenvalue weighted by molar-refractivity contribution is -0.155. The average Bonchev–Trinajstić information content (AvgIpc) is 3.55. The summed E-state index contributed by atoms with van der Waals surface area (Å²) in [7, 11) is 5.50. The number of carbonyl (C=O) groups excluding carboxylic acids is 2. The average molecular weight is 729 g/mol. The molecule has 1 unspecified atom stereocenters. The third-order valence-corrected chi connectivity index (χ3v) is 12.3. The van der Waals surface area contributed by atoms with E-state index in [1.165, 1.54) is 6.42 Å². The van der Waals surface area contributed by atoms with Crippen LogP contribution in [0.2, 0.25) is 5.02 Å². The highest BCUT2D eigenvalue weighted by molar-refractivity contribution is 6.30. The van der Waals surface area contributed by atoms with Crippen molar-refractivity contribution in [1.82, 2.24) is 10.4 Å². The molecule has 0 radical (unpaired) electrons. The molecule has 9 nitrogen and oxygen atoms in total. The van der Waals surface area contributed by atoms with E-state index < -0.39 is 18.1 Å². The summed E-state index contributed by atoms with van der Waals surface area (Å²) in [4.78, 5) is 39.9. The lowest BCUT2D eigenvalue weighted by atomic mass is 9.43. The standard InChI is InChI=1S/C42H53ClN4O5/c1-25-31(18-32-21-37(25)42(32,3)4)22-45-41(50)38-36(26(2)48)24-52-47(38)23-28-9-8-10-35(39(28)51-7)29-17-30(20-34(19-29)46(5)6)40(49)44-16-15-27-11-13-33(43)14-12-27/h8-14,17,19-20,22,25-26,31-32,36-38,48H,15-16,18,21,23-24H2,1-7H3,(H,44,49)/t25-,26+,31?,32+,36+,37+,38+/m1/s1. The number of hydroxylamine groups is 2. The van der Waals surface area contributed by atoms with Gasteiger partial charge in [-0.15, -0.1) is 0 Å². The predicted octanol–water partition coefficient (Wildman–Crippen LogP) is 7.08. The Kier molecular flexibility index (Phi) is 11.5. The van der Waals surface area contributed by atoms with Gasteiger partial charge in [-0.3, -0.25) is 14.4 Å². The van der Waals surface area contributed by atoms with E-state index >= 15 is 0 Å². The maximum Gasteiger partial charge on any atom is 0.265 e. The van der Waals surface area contributed by atoms with Gasteiger partial charge in [0.15, 0.2) is 0 Å². The van der Waals surface area contributed by atoms with E-state index in [9.17, 15) is 14.7 Å². The van der Waals surface area contributed by atoms with E-state index in [1.54, 1.807) is 19.1 Å². The van der Waals surface area contributed by atoms with E-state index in [-0.39, 0.29) is 30.9 Å². The van der Waals surface area contributed by atoms with Crippen molar-refractivity contribution < 1.29 is 24.3 Å². The molecule has 52 heavy (non-hydrogen) atoms. The Morgan fingerprint density at radius 1 is 1.15 bits per heavy atom. The Labute approximate surface area is 313 Å². The SMILES string of the molecule is COc1c(CN2OC[C@@H]([C@H](C)O)[C@H]2C(=O)N=CC2C[C@H]3C[C@@H]([C@@H]2C)C3(C)C)cccc1-c1cc(C(=O)NCCc2ccc(Cl)cc2)cc(N(C)C)c1. The van der Waals surface area contributed by atoms with Crippen LogP contribution < -0.4 is 15.0 Å². The van der Waals surface area contributed by atoms with Crippen LogP contribution in [0.3, 0.4) is 0 Å². The summed E-state index contributed by atoms with van der Waals surface area (Å²) in [5.74, 6) is 1.78. The molecular formula is C42H53ClN4O5. The van der Waals surface area contributed by atoms with Crippen LogP contribution in [-0.4, -0.2) is 74.7 Å². The van der Waals surface area contributed by atoms with Crippen LogP contribution in [0.15, 0.2) is 65.7 Å². The molecule has 10 heteroatoms. The van der Waals surface area contributed by atoms with Crippen LogP contribution in [0, 0.1) is 35.0 Å². The lowest BCUT2D eigenvalue weighted by Gasteiger charge is -2.61. The molecule has 7 atom stereocenters. The van der Waals surface area contributed by atoms with Gasteiger partial charge in [0, 0.05) is 60.2 Å². The highest BCUT2D eigenvalue weighted by Crippen LogP contribution is 2.62. The number of rotatable bonds is 12. The Balaban J connectivity index is 1.22. The summed E-state index contributed by atoms with van der Waals surface area (Å²) in [5.41, 5.74) is 5.27. The zero-order valence-electron chi connectivity index (χ0n) is 31.4. The predicted molar refractivity (Wildman–Crippen MR) is 207 cm³/mol. The van der Waals surface area contributed by atoms with Gasteiger partial charge in [-0.05, 0) is 96.7 Å². The molecule has 1 heterocycles. The molecule has 3 aromatic carbocycles. The molecule has 0 spiro atoms. The van der Waals surface area contributed by atoms with E-state index in [1.807, 2.05) is 85.9 Å². The highest BCUT2D eigenvalue weighted by Gasteiger charge is 2.56.